The number of carbonyl (C=O) groups is 1. The molecular weight excluding hydrogens is 396 g/mol. The summed E-state index contributed by atoms with van der Waals surface area (Å²) in [5.74, 6) is 0.161. The summed E-state index contributed by atoms with van der Waals surface area (Å²) in [7, 11) is 0. The monoisotopic (exact) mass is 412 g/mol. The standard InChI is InChI=1S/C20H17BrN2O3/c1-13-8-9-15(17(21)12-13)10-11-18(24)25-14(2)19-22-23-20(26-19)16-6-4-3-5-7-16/h3-12,14H,1-2H3/b11-10+/t14-/m1/s1. The van der Waals surface area contributed by atoms with E-state index in [1.165, 1.54) is 6.08 Å². The number of aromatic nitrogens is 2. The Balaban J connectivity index is 1.64. The van der Waals surface area contributed by atoms with E-state index in [1.807, 2.05) is 55.5 Å². The van der Waals surface area contributed by atoms with E-state index < -0.39 is 12.1 Å². The van der Waals surface area contributed by atoms with Crippen LogP contribution in [0.5, 0.6) is 0 Å². The minimum atomic E-state index is -0.640. The van der Waals surface area contributed by atoms with Crippen molar-refractivity contribution in [1.29, 1.82) is 0 Å². The van der Waals surface area contributed by atoms with E-state index in [9.17, 15) is 4.79 Å². The zero-order valence-electron chi connectivity index (χ0n) is 14.3. The molecule has 132 valence electrons. The van der Waals surface area contributed by atoms with Crippen LogP contribution < -0.4 is 0 Å². The highest BCUT2D eigenvalue weighted by Crippen LogP contribution is 2.23. The van der Waals surface area contributed by atoms with E-state index in [1.54, 1.807) is 13.0 Å². The van der Waals surface area contributed by atoms with Crippen LogP contribution in [0, 0.1) is 6.92 Å². The molecule has 0 saturated heterocycles. The molecule has 1 atom stereocenters. The van der Waals surface area contributed by atoms with Gasteiger partial charge in [-0.2, -0.15) is 0 Å². The predicted molar refractivity (Wildman–Crippen MR) is 102 cm³/mol. The molecule has 1 heterocycles. The van der Waals surface area contributed by atoms with E-state index in [2.05, 4.69) is 26.1 Å². The van der Waals surface area contributed by atoms with Gasteiger partial charge in [-0.1, -0.05) is 46.3 Å². The molecule has 0 aliphatic carbocycles. The van der Waals surface area contributed by atoms with Gasteiger partial charge in [0.15, 0.2) is 6.10 Å². The molecule has 3 aromatic rings. The Hall–Kier alpha value is -2.73. The van der Waals surface area contributed by atoms with Crippen LogP contribution in [0.4, 0.5) is 0 Å². The summed E-state index contributed by atoms with van der Waals surface area (Å²) in [5.41, 5.74) is 2.84. The first-order valence-corrected chi connectivity index (χ1v) is 8.86. The molecule has 1 aromatic heterocycles. The van der Waals surface area contributed by atoms with Crippen LogP contribution in [-0.2, 0) is 9.53 Å². The average molecular weight is 413 g/mol. The predicted octanol–water partition coefficient (Wildman–Crippen LogP) is 5.13. The third-order valence-corrected chi connectivity index (χ3v) is 4.34. The molecule has 0 unspecified atom stereocenters. The van der Waals surface area contributed by atoms with Crippen LogP contribution in [0.2, 0.25) is 0 Å². The fourth-order valence-electron chi connectivity index (χ4n) is 2.29. The Bertz CT molecular complexity index is 935. The van der Waals surface area contributed by atoms with Gasteiger partial charge in [-0.3, -0.25) is 0 Å². The van der Waals surface area contributed by atoms with Crippen molar-refractivity contribution >= 4 is 28.0 Å². The summed E-state index contributed by atoms with van der Waals surface area (Å²) in [4.78, 5) is 12.0. The van der Waals surface area contributed by atoms with Gasteiger partial charge in [0.1, 0.15) is 0 Å². The average Bonchev–Trinajstić information content (AvgIpc) is 3.12. The molecule has 0 saturated carbocycles. The second kappa shape index (κ2) is 8.10. The first kappa shape index (κ1) is 18.1. The molecular formula is C20H17BrN2O3. The zero-order chi connectivity index (χ0) is 18.5. The Morgan fingerprint density at radius 1 is 1.19 bits per heavy atom. The van der Waals surface area contributed by atoms with Gasteiger partial charge in [0.2, 0.25) is 5.89 Å². The topological polar surface area (TPSA) is 65.2 Å². The van der Waals surface area contributed by atoms with Crippen LogP contribution in [0.3, 0.4) is 0 Å². The normalized spacial score (nSPS) is 12.3. The summed E-state index contributed by atoms with van der Waals surface area (Å²) >= 11 is 3.47. The Labute approximate surface area is 159 Å². The van der Waals surface area contributed by atoms with Gasteiger partial charge < -0.3 is 9.15 Å². The zero-order valence-corrected chi connectivity index (χ0v) is 15.9. The number of halogens is 1. The molecule has 0 spiro atoms. The van der Waals surface area contributed by atoms with Crippen molar-refractivity contribution in [1.82, 2.24) is 10.2 Å². The third kappa shape index (κ3) is 4.46. The lowest BCUT2D eigenvalue weighted by Gasteiger charge is -2.07. The Morgan fingerprint density at radius 2 is 1.96 bits per heavy atom. The quantitative estimate of drug-likeness (QED) is 0.429. The summed E-state index contributed by atoms with van der Waals surface area (Å²) in [6.45, 7) is 3.69. The van der Waals surface area contributed by atoms with E-state index in [-0.39, 0.29) is 5.89 Å². The largest absolute Gasteiger partial charge is 0.449 e. The molecule has 5 nitrogen and oxygen atoms in total. The lowest BCUT2D eigenvalue weighted by molar-refractivity contribution is -0.143. The van der Waals surface area contributed by atoms with Gasteiger partial charge in [0.05, 0.1) is 0 Å². The van der Waals surface area contributed by atoms with Crippen molar-refractivity contribution in [3.05, 3.63) is 76.1 Å². The van der Waals surface area contributed by atoms with Crippen molar-refractivity contribution in [2.45, 2.75) is 20.0 Å². The lowest BCUT2D eigenvalue weighted by atomic mass is 10.1. The van der Waals surface area contributed by atoms with Gasteiger partial charge >= 0.3 is 5.97 Å². The molecule has 6 heteroatoms. The van der Waals surface area contributed by atoms with Gasteiger partial charge in [-0.25, -0.2) is 4.79 Å². The fraction of sp³-hybridized carbons (Fsp3) is 0.150. The van der Waals surface area contributed by atoms with Crippen molar-refractivity contribution in [3.8, 4) is 11.5 Å². The molecule has 0 bridgehead atoms. The van der Waals surface area contributed by atoms with Gasteiger partial charge in [-0.05, 0) is 49.2 Å². The second-order valence-electron chi connectivity index (χ2n) is 5.75. The van der Waals surface area contributed by atoms with Crippen molar-refractivity contribution < 1.29 is 13.9 Å². The molecule has 0 N–H and O–H groups in total. The van der Waals surface area contributed by atoms with Gasteiger partial charge in [-0.15, -0.1) is 10.2 Å². The number of hydrogen-bond acceptors (Lipinski definition) is 5. The summed E-state index contributed by atoms with van der Waals surface area (Å²) in [6, 6.07) is 15.3. The van der Waals surface area contributed by atoms with Crippen LogP contribution in [-0.4, -0.2) is 16.2 Å². The first-order chi connectivity index (χ1) is 12.5. The molecule has 2 aromatic carbocycles. The smallest absolute Gasteiger partial charge is 0.331 e. The van der Waals surface area contributed by atoms with Gasteiger partial charge in [0, 0.05) is 16.1 Å². The van der Waals surface area contributed by atoms with E-state index in [0.29, 0.717) is 5.89 Å². The highest BCUT2D eigenvalue weighted by atomic mass is 79.9. The fourth-order valence-corrected chi connectivity index (χ4v) is 2.91. The molecule has 0 amide bonds. The van der Waals surface area contributed by atoms with Crippen LogP contribution in [0.15, 0.2) is 63.5 Å². The molecule has 0 aliphatic heterocycles. The van der Waals surface area contributed by atoms with Crippen LogP contribution >= 0.6 is 15.9 Å². The second-order valence-corrected chi connectivity index (χ2v) is 6.60. The van der Waals surface area contributed by atoms with Crippen molar-refractivity contribution in [3.63, 3.8) is 0 Å². The molecule has 3 rings (SSSR count). The van der Waals surface area contributed by atoms with Crippen LogP contribution in [0.1, 0.15) is 30.0 Å². The maximum atomic E-state index is 12.0. The molecule has 0 fully saturated rings. The highest BCUT2D eigenvalue weighted by molar-refractivity contribution is 9.10. The maximum Gasteiger partial charge on any atom is 0.331 e. The minimum absolute atomic E-state index is 0.252. The number of hydrogen-bond donors (Lipinski definition) is 0. The van der Waals surface area contributed by atoms with Gasteiger partial charge in [0.25, 0.3) is 5.89 Å². The van der Waals surface area contributed by atoms with E-state index in [0.717, 1.165) is 21.2 Å². The first-order valence-electron chi connectivity index (χ1n) is 8.06. The number of nitrogens with zero attached hydrogens (tertiary/aromatic N) is 2. The number of aryl methyl sites for hydroxylation is 1. The summed E-state index contributed by atoms with van der Waals surface area (Å²) in [5, 5.41) is 7.96. The Morgan fingerprint density at radius 3 is 2.69 bits per heavy atom. The van der Waals surface area contributed by atoms with E-state index in [4.69, 9.17) is 9.15 Å². The van der Waals surface area contributed by atoms with Crippen molar-refractivity contribution in [2.75, 3.05) is 0 Å². The number of ether oxygens (including phenoxy) is 1. The lowest BCUT2D eigenvalue weighted by Crippen LogP contribution is -2.06. The SMILES string of the molecule is Cc1ccc(/C=C/C(=O)O[C@H](C)c2nnc(-c3ccccc3)o2)c(Br)c1. The molecule has 26 heavy (non-hydrogen) atoms. The summed E-state index contributed by atoms with van der Waals surface area (Å²) in [6.07, 6.45) is 2.43. The summed E-state index contributed by atoms with van der Waals surface area (Å²) < 4.78 is 11.8. The maximum absolute atomic E-state index is 12.0. The van der Waals surface area contributed by atoms with Crippen LogP contribution in [0.25, 0.3) is 17.5 Å². The van der Waals surface area contributed by atoms with E-state index >= 15 is 0 Å². The number of carbonyl (C=O) groups excluding carboxylic acids is 1. The highest BCUT2D eigenvalue weighted by Gasteiger charge is 2.18. The molecule has 0 radical (unpaired) electrons. The Kier molecular flexibility index (Phi) is 5.63. The third-order valence-electron chi connectivity index (χ3n) is 3.66. The minimum Gasteiger partial charge on any atom is -0.449 e. The molecule has 0 aliphatic rings. The number of esters is 1. The van der Waals surface area contributed by atoms with Crippen molar-refractivity contribution in [2.24, 2.45) is 0 Å². The number of benzene rings is 2. The number of rotatable bonds is 5.